The van der Waals surface area contributed by atoms with E-state index in [0.717, 1.165) is 10.4 Å². The van der Waals surface area contributed by atoms with Crippen LogP contribution in [0.4, 0.5) is 4.39 Å². The zero-order chi connectivity index (χ0) is 11.2. The Balaban J connectivity index is 1.82. The maximum absolute atomic E-state index is 12.6. The third-order valence-electron chi connectivity index (χ3n) is 1.94. The molecule has 2 rings (SSSR count). The number of nitrogens with zero attached hydrogens (tertiary/aromatic N) is 1. The van der Waals surface area contributed by atoms with Gasteiger partial charge in [0.2, 0.25) is 0 Å². The highest BCUT2D eigenvalue weighted by molar-refractivity contribution is 7.11. The molecule has 0 radical (unpaired) electrons. The molecule has 0 spiro atoms. The molecule has 0 saturated heterocycles. The van der Waals surface area contributed by atoms with Gasteiger partial charge < -0.3 is 4.84 Å². The molecular weight excluding hydrogens is 225 g/mol. The van der Waals surface area contributed by atoms with Gasteiger partial charge in [0.1, 0.15) is 12.4 Å². The van der Waals surface area contributed by atoms with Crippen molar-refractivity contribution < 1.29 is 9.23 Å². The number of benzene rings is 1. The topological polar surface area (TPSA) is 21.6 Å². The van der Waals surface area contributed by atoms with Gasteiger partial charge in [-0.25, -0.2) is 4.39 Å². The first-order valence-corrected chi connectivity index (χ1v) is 5.66. The fourth-order valence-corrected chi connectivity index (χ4v) is 1.72. The molecule has 0 aliphatic heterocycles. The van der Waals surface area contributed by atoms with Gasteiger partial charge >= 0.3 is 0 Å². The van der Waals surface area contributed by atoms with Crippen molar-refractivity contribution in [2.45, 2.75) is 6.61 Å². The monoisotopic (exact) mass is 235 g/mol. The minimum atomic E-state index is -0.245. The van der Waals surface area contributed by atoms with Gasteiger partial charge in [-0.1, -0.05) is 23.4 Å². The van der Waals surface area contributed by atoms with Crippen molar-refractivity contribution in [2.75, 3.05) is 0 Å². The van der Waals surface area contributed by atoms with Crippen LogP contribution in [0.15, 0.2) is 46.9 Å². The fraction of sp³-hybridized carbons (Fsp3) is 0.0833. The van der Waals surface area contributed by atoms with Gasteiger partial charge in [0.25, 0.3) is 0 Å². The molecule has 0 bridgehead atoms. The Morgan fingerprint density at radius 3 is 2.75 bits per heavy atom. The summed E-state index contributed by atoms with van der Waals surface area (Å²) >= 11 is 1.59. The van der Waals surface area contributed by atoms with E-state index in [1.54, 1.807) is 29.7 Å². The number of hydrogen-bond acceptors (Lipinski definition) is 3. The highest BCUT2D eigenvalue weighted by Gasteiger charge is 1.93. The van der Waals surface area contributed by atoms with Crippen molar-refractivity contribution in [1.29, 1.82) is 0 Å². The van der Waals surface area contributed by atoms with E-state index in [1.807, 2.05) is 17.5 Å². The Hall–Kier alpha value is -1.68. The van der Waals surface area contributed by atoms with Crippen LogP contribution in [0, 0.1) is 5.82 Å². The predicted molar refractivity (Wildman–Crippen MR) is 63.1 cm³/mol. The van der Waals surface area contributed by atoms with Crippen LogP contribution in [0.5, 0.6) is 0 Å². The summed E-state index contributed by atoms with van der Waals surface area (Å²) in [5, 5.41) is 5.80. The van der Waals surface area contributed by atoms with Gasteiger partial charge in [0, 0.05) is 4.88 Å². The van der Waals surface area contributed by atoms with Crippen LogP contribution in [0.25, 0.3) is 0 Å². The van der Waals surface area contributed by atoms with E-state index >= 15 is 0 Å². The maximum atomic E-state index is 12.6. The Bertz CT molecular complexity index is 450. The average molecular weight is 235 g/mol. The highest BCUT2D eigenvalue weighted by Crippen LogP contribution is 2.06. The molecule has 2 aromatic rings. The molecular formula is C12H10FNOS. The second-order valence-electron chi connectivity index (χ2n) is 3.15. The van der Waals surface area contributed by atoms with E-state index in [0.29, 0.717) is 6.61 Å². The molecule has 1 heterocycles. The van der Waals surface area contributed by atoms with Crippen LogP contribution in [0.3, 0.4) is 0 Å². The van der Waals surface area contributed by atoms with Crippen molar-refractivity contribution in [1.82, 2.24) is 0 Å². The van der Waals surface area contributed by atoms with Gasteiger partial charge in [-0.15, -0.1) is 11.3 Å². The van der Waals surface area contributed by atoms with Crippen LogP contribution in [-0.2, 0) is 11.4 Å². The zero-order valence-corrected chi connectivity index (χ0v) is 9.28. The van der Waals surface area contributed by atoms with Crippen molar-refractivity contribution in [3.8, 4) is 0 Å². The van der Waals surface area contributed by atoms with Crippen LogP contribution in [0.2, 0.25) is 0 Å². The molecule has 0 saturated carbocycles. The Morgan fingerprint density at radius 2 is 2.06 bits per heavy atom. The van der Waals surface area contributed by atoms with Gasteiger partial charge in [-0.3, -0.25) is 0 Å². The summed E-state index contributed by atoms with van der Waals surface area (Å²) in [6, 6.07) is 10.1. The molecule has 0 N–H and O–H groups in total. The summed E-state index contributed by atoms with van der Waals surface area (Å²) < 4.78 is 12.6. The normalized spacial score (nSPS) is 10.8. The molecule has 0 atom stereocenters. The number of oxime groups is 1. The Labute approximate surface area is 97.0 Å². The van der Waals surface area contributed by atoms with Crippen molar-refractivity contribution in [3.05, 3.63) is 58.0 Å². The fourth-order valence-electron chi connectivity index (χ4n) is 1.15. The first-order chi connectivity index (χ1) is 7.84. The number of rotatable bonds is 4. The number of halogens is 1. The zero-order valence-electron chi connectivity index (χ0n) is 8.47. The quantitative estimate of drug-likeness (QED) is 0.587. The van der Waals surface area contributed by atoms with Gasteiger partial charge in [-0.2, -0.15) is 0 Å². The van der Waals surface area contributed by atoms with Crippen molar-refractivity contribution in [2.24, 2.45) is 5.16 Å². The second-order valence-corrected chi connectivity index (χ2v) is 4.13. The first kappa shape index (κ1) is 10.8. The minimum absolute atomic E-state index is 0.245. The van der Waals surface area contributed by atoms with Gasteiger partial charge in [-0.05, 0) is 29.1 Å². The van der Waals surface area contributed by atoms with Crippen LogP contribution in [-0.4, -0.2) is 6.21 Å². The summed E-state index contributed by atoms with van der Waals surface area (Å²) in [6.45, 7) is 0.349. The largest absolute Gasteiger partial charge is 0.391 e. The van der Waals surface area contributed by atoms with Crippen LogP contribution < -0.4 is 0 Å². The number of hydrogen-bond donors (Lipinski definition) is 0. The van der Waals surface area contributed by atoms with Crippen molar-refractivity contribution >= 4 is 17.6 Å². The molecule has 16 heavy (non-hydrogen) atoms. The molecule has 82 valence electrons. The van der Waals surface area contributed by atoms with Crippen LogP contribution >= 0.6 is 11.3 Å². The summed E-state index contributed by atoms with van der Waals surface area (Å²) in [5.74, 6) is -0.245. The van der Waals surface area contributed by atoms with E-state index in [2.05, 4.69) is 5.16 Å². The number of thiophene rings is 1. The van der Waals surface area contributed by atoms with Gasteiger partial charge in [0.15, 0.2) is 0 Å². The van der Waals surface area contributed by atoms with E-state index in [4.69, 9.17) is 4.84 Å². The van der Waals surface area contributed by atoms with Crippen LogP contribution in [0.1, 0.15) is 10.4 Å². The molecule has 1 aromatic carbocycles. The SMILES string of the molecule is Fc1ccc(CO/N=C/c2cccs2)cc1. The lowest BCUT2D eigenvalue weighted by Crippen LogP contribution is -1.87. The lowest BCUT2D eigenvalue weighted by molar-refractivity contribution is 0.132. The molecule has 0 aliphatic carbocycles. The summed E-state index contributed by atoms with van der Waals surface area (Å²) in [4.78, 5) is 6.13. The lowest BCUT2D eigenvalue weighted by atomic mass is 10.2. The Morgan fingerprint density at radius 1 is 1.25 bits per heavy atom. The summed E-state index contributed by atoms with van der Waals surface area (Å²) in [7, 11) is 0. The summed E-state index contributed by atoms with van der Waals surface area (Å²) in [5.41, 5.74) is 0.893. The van der Waals surface area contributed by atoms with Gasteiger partial charge in [0.05, 0.1) is 6.21 Å². The molecule has 1 aromatic heterocycles. The molecule has 0 fully saturated rings. The van der Waals surface area contributed by atoms with Crippen molar-refractivity contribution in [3.63, 3.8) is 0 Å². The van der Waals surface area contributed by atoms with E-state index < -0.39 is 0 Å². The molecule has 0 unspecified atom stereocenters. The van der Waals surface area contributed by atoms with E-state index in [-0.39, 0.29) is 5.82 Å². The van der Waals surface area contributed by atoms with E-state index in [9.17, 15) is 4.39 Å². The minimum Gasteiger partial charge on any atom is -0.391 e. The second kappa shape index (κ2) is 5.42. The molecule has 0 aliphatic rings. The third kappa shape index (κ3) is 3.17. The first-order valence-electron chi connectivity index (χ1n) is 4.78. The Kier molecular flexibility index (Phi) is 3.66. The average Bonchev–Trinajstić information content (AvgIpc) is 2.80. The van der Waals surface area contributed by atoms with E-state index in [1.165, 1.54) is 12.1 Å². The standard InChI is InChI=1S/C12H10FNOS/c13-11-5-3-10(4-6-11)9-15-14-8-12-2-1-7-16-12/h1-8H,9H2/b14-8+. The molecule has 0 amide bonds. The third-order valence-corrected chi connectivity index (χ3v) is 2.75. The predicted octanol–water partition coefficient (Wildman–Crippen LogP) is 3.44. The summed E-state index contributed by atoms with van der Waals surface area (Å²) in [6.07, 6.45) is 1.66. The lowest BCUT2D eigenvalue weighted by Gasteiger charge is -1.98. The highest BCUT2D eigenvalue weighted by atomic mass is 32.1. The maximum Gasteiger partial charge on any atom is 0.142 e. The molecule has 2 nitrogen and oxygen atoms in total. The molecule has 4 heteroatoms. The smallest absolute Gasteiger partial charge is 0.142 e.